The van der Waals surface area contributed by atoms with Crippen molar-refractivity contribution in [3.8, 4) is 22.4 Å². The van der Waals surface area contributed by atoms with Crippen molar-refractivity contribution < 1.29 is 14.3 Å². The number of hydrogen-bond acceptors (Lipinski definition) is 6. The standard InChI is InChI=1S/C20H15N3O3S/c1-25-20-22-23-15(11-21-19(23)27-20)17-10-14-16(26-17)8-7-13(18(14)24)9-12-5-3-2-4-6-12/h2-8,10-11,24H,9H2,1H3. The van der Waals surface area contributed by atoms with E-state index in [1.54, 1.807) is 17.8 Å². The summed E-state index contributed by atoms with van der Waals surface area (Å²) < 4.78 is 12.8. The zero-order valence-corrected chi connectivity index (χ0v) is 15.2. The first kappa shape index (κ1) is 15.9. The van der Waals surface area contributed by atoms with Crippen molar-refractivity contribution >= 4 is 27.3 Å². The summed E-state index contributed by atoms with van der Waals surface area (Å²) in [6.45, 7) is 0. The van der Waals surface area contributed by atoms with Gasteiger partial charge in [-0.1, -0.05) is 36.4 Å². The van der Waals surface area contributed by atoms with Crippen LogP contribution in [0.3, 0.4) is 0 Å². The Balaban J connectivity index is 1.58. The lowest BCUT2D eigenvalue weighted by Gasteiger charge is -2.05. The minimum Gasteiger partial charge on any atom is -0.507 e. The zero-order valence-electron chi connectivity index (χ0n) is 14.4. The molecule has 0 bridgehead atoms. The maximum Gasteiger partial charge on any atom is 0.294 e. The number of imidazole rings is 1. The molecule has 6 nitrogen and oxygen atoms in total. The highest BCUT2D eigenvalue weighted by molar-refractivity contribution is 7.18. The van der Waals surface area contributed by atoms with Crippen LogP contribution in [-0.4, -0.2) is 26.8 Å². The number of fused-ring (bicyclic) bond motifs is 2. The lowest BCUT2D eigenvalue weighted by atomic mass is 10.0. The molecule has 0 unspecified atom stereocenters. The Kier molecular flexibility index (Phi) is 3.61. The van der Waals surface area contributed by atoms with E-state index in [9.17, 15) is 5.11 Å². The van der Waals surface area contributed by atoms with E-state index in [1.807, 2.05) is 48.5 Å². The molecule has 0 saturated carbocycles. The van der Waals surface area contributed by atoms with E-state index < -0.39 is 0 Å². The Bertz CT molecular complexity index is 1250. The number of phenolic OH excluding ortho intramolecular Hbond substituents is 1. The lowest BCUT2D eigenvalue weighted by molar-refractivity contribution is 0.405. The highest BCUT2D eigenvalue weighted by Gasteiger charge is 2.18. The smallest absolute Gasteiger partial charge is 0.294 e. The van der Waals surface area contributed by atoms with Crippen molar-refractivity contribution in [3.05, 3.63) is 65.9 Å². The number of ether oxygens (including phenoxy) is 1. The van der Waals surface area contributed by atoms with Crippen molar-refractivity contribution in [2.45, 2.75) is 6.42 Å². The molecule has 0 aliphatic rings. The number of furan rings is 1. The number of benzene rings is 2. The predicted octanol–water partition coefficient (Wildman–Crippen LogP) is 4.51. The van der Waals surface area contributed by atoms with E-state index in [1.165, 1.54) is 11.3 Å². The number of methoxy groups -OCH3 is 1. The van der Waals surface area contributed by atoms with Gasteiger partial charge in [-0.15, -0.1) is 5.10 Å². The Morgan fingerprint density at radius 1 is 1.19 bits per heavy atom. The highest BCUT2D eigenvalue weighted by Crippen LogP contribution is 2.36. The third-order valence-corrected chi connectivity index (χ3v) is 5.37. The minimum absolute atomic E-state index is 0.239. The quantitative estimate of drug-likeness (QED) is 0.499. The van der Waals surface area contributed by atoms with Gasteiger partial charge in [-0.05, 0) is 34.6 Å². The molecule has 0 radical (unpaired) electrons. The summed E-state index contributed by atoms with van der Waals surface area (Å²) in [6, 6.07) is 15.7. The number of rotatable bonds is 4. The van der Waals surface area contributed by atoms with Crippen LogP contribution in [-0.2, 0) is 6.42 Å². The maximum atomic E-state index is 10.8. The number of aromatic nitrogens is 3. The second-order valence-corrected chi connectivity index (χ2v) is 7.09. The van der Waals surface area contributed by atoms with Crippen LogP contribution in [0.2, 0.25) is 0 Å². The molecule has 7 heteroatoms. The average Bonchev–Trinajstić information content (AvgIpc) is 3.38. The predicted molar refractivity (Wildman–Crippen MR) is 104 cm³/mol. The molecule has 0 fully saturated rings. The molecule has 0 saturated heterocycles. The molecule has 2 aromatic carbocycles. The molecule has 0 spiro atoms. The molecule has 5 rings (SSSR count). The van der Waals surface area contributed by atoms with Crippen LogP contribution in [0.15, 0.2) is 59.1 Å². The number of nitrogens with zero attached hydrogens (tertiary/aromatic N) is 3. The van der Waals surface area contributed by atoms with Gasteiger partial charge in [0.25, 0.3) is 5.19 Å². The van der Waals surface area contributed by atoms with Crippen LogP contribution >= 0.6 is 11.3 Å². The van der Waals surface area contributed by atoms with Crippen LogP contribution in [0.1, 0.15) is 11.1 Å². The topological polar surface area (TPSA) is 72.8 Å². The first-order chi connectivity index (χ1) is 13.2. The zero-order chi connectivity index (χ0) is 18.4. The minimum atomic E-state index is 0.239. The van der Waals surface area contributed by atoms with Crippen LogP contribution in [0.25, 0.3) is 27.4 Å². The van der Waals surface area contributed by atoms with Gasteiger partial charge in [0.15, 0.2) is 5.76 Å². The van der Waals surface area contributed by atoms with Crippen molar-refractivity contribution in [2.24, 2.45) is 0 Å². The fourth-order valence-corrected chi connectivity index (χ4v) is 3.85. The Labute approximate surface area is 158 Å². The summed E-state index contributed by atoms with van der Waals surface area (Å²) in [5, 5.41) is 16.3. The Morgan fingerprint density at radius 3 is 2.85 bits per heavy atom. The van der Waals surface area contributed by atoms with E-state index in [4.69, 9.17) is 9.15 Å². The van der Waals surface area contributed by atoms with Gasteiger partial charge in [0.2, 0.25) is 4.96 Å². The van der Waals surface area contributed by atoms with E-state index in [0.717, 1.165) is 16.1 Å². The third kappa shape index (κ3) is 2.63. The van der Waals surface area contributed by atoms with Crippen LogP contribution in [0.4, 0.5) is 0 Å². The molecule has 0 aliphatic heterocycles. The molecule has 3 aromatic heterocycles. The average molecular weight is 377 g/mol. The summed E-state index contributed by atoms with van der Waals surface area (Å²) in [4.78, 5) is 5.06. The molecular formula is C20H15N3O3S. The maximum absolute atomic E-state index is 10.8. The Hall–Kier alpha value is -3.32. The van der Waals surface area contributed by atoms with Crippen molar-refractivity contribution in [3.63, 3.8) is 0 Å². The van der Waals surface area contributed by atoms with Crippen LogP contribution in [0.5, 0.6) is 10.9 Å². The van der Waals surface area contributed by atoms with E-state index in [2.05, 4.69) is 10.1 Å². The van der Waals surface area contributed by atoms with Gasteiger partial charge < -0.3 is 14.3 Å². The second kappa shape index (κ2) is 6.14. The highest BCUT2D eigenvalue weighted by atomic mass is 32.1. The fraction of sp³-hybridized carbons (Fsp3) is 0.100. The third-order valence-electron chi connectivity index (χ3n) is 4.49. The normalized spacial score (nSPS) is 11.4. The molecule has 0 atom stereocenters. The van der Waals surface area contributed by atoms with Gasteiger partial charge in [0, 0.05) is 6.42 Å². The summed E-state index contributed by atoms with van der Waals surface area (Å²) in [7, 11) is 1.57. The van der Waals surface area contributed by atoms with E-state index in [0.29, 0.717) is 34.0 Å². The molecule has 1 N–H and O–H groups in total. The fourth-order valence-electron chi connectivity index (χ4n) is 3.15. The van der Waals surface area contributed by atoms with Crippen LogP contribution in [0, 0.1) is 0 Å². The number of aromatic hydroxyl groups is 1. The van der Waals surface area contributed by atoms with Gasteiger partial charge in [-0.2, -0.15) is 4.52 Å². The van der Waals surface area contributed by atoms with Gasteiger partial charge in [-0.3, -0.25) is 0 Å². The first-order valence-electron chi connectivity index (χ1n) is 8.40. The van der Waals surface area contributed by atoms with Crippen molar-refractivity contribution in [1.82, 2.24) is 14.6 Å². The number of phenols is 1. The molecule has 5 aromatic rings. The monoisotopic (exact) mass is 377 g/mol. The molecule has 0 amide bonds. The van der Waals surface area contributed by atoms with Gasteiger partial charge in [-0.25, -0.2) is 4.98 Å². The summed E-state index contributed by atoms with van der Waals surface area (Å²) >= 11 is 1.35. The molecular weight excluding hydrogens is 362 g/mol. The van der Waals surface area contributed by atoms with Gasteiger partial charge in [0.1, 0.15) is 17.0 Å². The summed E-state index contributed by atoms with van der Waals surface area (Å²) in [5.74, 6) is 0.834. The molecule has 3 heterocycles. The number of hydrogen-bond donors (Lipinski definition) is 1. The molecule has 27 heavy (non-hydrogen) atoms. The van der Waals surface area contributed by atoms with Crippen molar-refractivity contribution in [2.75, 3.05) is 7.11 Å². The lowest BCUT2D eigenvalue weighted by Crippen LogP contribution is -1.88. The second-order valence-electron chi connectivity index (χ2n) is 6.17. The van der Waals surface area contributed by atoms with Crippen LogP contribution < -0.4 is 4.74 Å². The SMILES string of the molecule is COc1nn2c(-c3cc4c(O)c(Cc5ccccc5)ccc4o3)cnc2s1. The largest absolute Gasteiger partial charge is 0.507 e. The van der Waals surface area contributed by atoms with Crippen molar-refractivity contribution in [1.29, 1.82) is 0 Å². The van der Waals surface area contributed by atoms with Gasteiger partial charge >= 0.3 is 0 Å². The van der Waals surface area contributed by atoms with Gasteiger partial charge in [0.05, 0.1) is 18.7 Å². The molecule has 0 aliphatic carbocycles. The van der Waals surface area contributed by atoms with E-state index in [-0.39, 0.29) is 5.75 Å². The van der Waals surface area contributed by atoms with E-state index >= 15 is 0 Å². The molecule has 134 valence electrons. The Morgan fingerprint density at radius 2 is 2.04 bits per heavy atom. The summed E-state index contributed by atoms with van der Waals surface area (Å²) in [6.07, 6.45) is 2.36. The summed E-state index contributed by atoms with van der Waals surface area (Å²) in [5.41, 5.74) is 3.33. The first-order valence-corrected chi connectivity index (χ1v) is 9.22.